The van der Waals surface area contributed by atoms with Gasteiger partial charge in [-0.15, -0.1) is 0 Å². The van der Waals surface area contributed by atoms with Gasteiger partial charge in [-0.1, -0.05) is 16.0 Å². The molecule has 1 amide bonds. The normalized spacial score (nSPS) is 13.5. The van der Waals surface area contributed by atoms with Gasteiger partial charge < -0.3 is 9.66 Å². The zero-order valence-electron chi connectivity index (χ0n) is 11.1. The van der Waals surface area contributed by atoms with E-state index in [2.05, 4.69) is 4.40 Å². The molecule has 0 saturated heterocycles. The van der Waals surface area contributed by atoms with Gasteiger partial charge in [-0.2, -0.15) is 0 Å². The summed E-state index contributed by atoms with van der Waals surface area (Å²) >= 11 is 4.34. The van der Waals surface area contributed by atoms with Crippen LogP contribution in [0.25, 0.3) is 0 Å². The number of nitrogens with zero attached hydrogens (tertiary/aromatic N) is 1. The summed E-state index contributed by atoms with van der Waals surface area (Å²) in [6.07, 6.45) is -0.164. The summed E-state index contributed by atoms with van der Waals surface area (Å²) in [4.78, 5) is 10.5. The van der Waals surface area contributed by atoms with Crippen LogP contribution in [0.3, 0.4) is 0 Å². The maximum absolute atomic E-state index is 13.5. The summed E-state index contributed by atoms with van der Waals surface area (Å²) in [5.74, 6) is -0.800. The molecule has 0 aliphatic carbocycles. The molecule has 1 unspecified atom stereocenters. The fraction of sp³-hybridized carbons (Fsp3) is 0.333. The Bertz CT molecular complexity index is 546. The smallest absolute Gasteiger partial charge is 0.409 e. The number of hydrogen-bond acceptors (Lipinski definition) is 3. The molecule has 8 heteroatoms. The highest BCUT2D eigenvalue weighted by molar-refractivity contribution is 7.91. The maximum Gasteiger partial charge on any atom is 0.409 e. The van der Waals surface area contributed by atoms with Gasteiger partial charge in [0.05, 0.1) is 16.9 Å². The molecule has 0 spiro atoms. The second kappa shape index (κ2) is 6.43. The number of carboxylic acid groups (broad SMARTS) is 1. The van der Waals surface area contributed by atoms with Crippen LogP contribution >= 0.6 is 11.6 Å². The molecule has 0 aliphatic heterocycles. The van der Waals surface area contributed by atoms with Crippen LogP contribution in [0.1, 0.15) is 26.3 Å². The monoisotopic (exact) mass is 320 g/mol. The number of amides is 1. The number of nitrogens with one attached hydrogen (secondary N) is 1. The Morgan fingerprint density at radius 2 is 2.15 bits per heavy atom. The first-order valence-corrected chi connectivity index (χ1v) is 7.05. The van der Waals surface area contributed by atoms with E-state index in [1.807, 2.05) is 5.32 Å². The number of halogens is 2. The van der Waals surface area contributed by atoms with Crippen molar-refractivity contribution in [2.24, 2.45) is 4.40 Å². The Hall–Kier alpha value is -1.31. The minimum atomic E-state index is -1.49. The average Bonchev–Trinajstić information content (AvgIpc) is 2.28. The lowest BCUT2D eigenvalue weighted by Crippen LogP contribution is -2.25. The van der Waals surface area contributed by atoms with Crippen LogP contribution in [0.15, 0.2) is 16.5 Å². The van der Waals surface area contributed by atoms with Gasteiger partial charge in [0, 0.05) is 5.56 Å². The molecule has 110 valence electrons. The quantitative estimate of drug-likeness (QED) is 0.660. The van der Waals surface area contributed by atoms with Crippen LogP contribution in [0.4, 0.5) is 14.9 Å². The first kappa shape index (κ1) is 16.7. The van der Waals surface area contributed by atoms with Crippen molar-refractivity contribution in [3.05, 3.63) is 28.5 Å². The molecule has 0 fully saturated rings. The third-order valence-corrected chi connectivity index (χ3v) is 3.81. The van der Waals surface area contributed by atoms with Gasteiger partial charge in [-0.05, 0) is 32.9 Å². The van der Waals surface area contributed by atoms with E-state index in [1.165, 1.54) is 12.3 Å². The van der Waals surface area contributed by atoms with Crippen molar-refractivity contribution in [1.82, 2.24) is 0 Å². The molecule has 1 aromatic rings. The van der Waals surface area contributed by atoms with E-state index in [0.29, 0.717) is 0 Å². The summed E-state index contributed by atoms with van der Waals surface area (Å²) in [7, 11) is 0. The van der Waals surface area contributed by atoms with E-state index in [9.17, 15) is 13.7 Å². The SMILES string of the molecule is CC(C)(C)[S+]([O-])/N=C/c1cc(NC(=O)O)c(F)cc1Cl. The van der Waals surface area contributed by atoms with Gasteiger partial charge >= 0.3 is 6.09 Å². The zero-order valence-corrected chi connectivity index (χ0v) is 12.7. The summed E-state index contributed by atoms with van der Waals surface area (Å²) < 4.78 is 28.5. The molecule has 0 aliphatic rings. The Morgan fingerprint density at radius 1 is 1.55 bits per heavy atom. The van der Waals surface area contributed by atoms with Gasteiger partial charge in [-0.3, -0.25) is 5.32 Å². The molecule has 0 heterocycles. The Balaban J connectivity index is 3.06. The number of anilines is 1. The first-order valence-electron chi connectivity index (χ1n) is 5.56. The molecule has 0 aromatic heterocycles. The molecular weight excluding hydrogens is 307 g/mol. The Kier molecular flexibility index (Phi) is 5.38. The lowest BCUT2D eigenvalue weighted by Gasteiger charge is -2.17. The van der Waals surface area contributed by atoms with Crippen LogP contribution in [-0.2, 0) is 11.4 Å². The largest absolute Gasteiger partial charge is 0.591 e. The van der Waals surface area contributed by atoms with Gasteiger partial charge in [0.2, 0.25) is 0 Å². The first-order chi connectivity index (χ1) is 9.11. The number of hydrogen-bond donors (Lipinski definition) is 2. The molecule has 1 aromatic carbocycles. The molecule has 0 radical (unpaired) electrons. The van der Waals surface area contributed by atoms with Crippen LogP contribution < -0.4 is 5.32 Å². The van der Waals surface area contributed by atoms with Crippen LogP contribution in [-0.4, -0.2) is 26.7 Å². The van der Waals surface area contributed by atoms with Crippen molar-refractivity contribution in [1.29, 1.82) is 0 Å². The Morgan fingerprint density at radius 3 is 2.65 bits per heavy atom. The minimum absolute atomic E-state index is 0.0492. The number of rotatable bonds is 3. The third-order valence-electron chi connectivity index (χ3n) is 2.14. The highest BCUT2D eigenvalue weighted by Gasteiger charge is 2.26. The fourth-order valence-electron chi connectivity index (χ4n) is 1.14. The molecule has 2 N–H and O–H groups in total. The van der Waals surface area contributed by atoms with Crippen LogP contribution in [0.5, 0.6) is 0 Å². The van der Waals surface area contributed by atoms with Crippen molar-refractivity contribution < 1.29 is 18.8 Å². The molecule has 5 nitrogen and oxygen atoms in total. The average molecular weight is 321 g/mol. The summed E-state index contributed by atoms with van der Waals surface area (Å²) in [6, 6.07) is 2.16. The summed E-state index contributed by atoms with van der Waals surface area (Å²) in [5, 5.41) is 10.5. The van der Waals surface area contributed by atoms with Crippen molar-refractivity contribution in [2.45, 2.75) is 25.5 Å². The van der Waals surface area contributed by atoms with Gasteiger partial charge in [-0.25, -0.2) is 9.18 Å². The summed E-state index contributed by atoms with van der Waals surface area (Å²) in [6.45, 7) is 5.26. The highest BCUT2D eigenvalue weighted by atomic mass is 35.5. The molecule has 20 heavy (non-hydrogen) atoms. The zero-order chi connectivity index (χ0) is 15.5. The molecule has 1 rings (SSSR count). The molecule has 0 saturated carbocycles. The van der Waals surface area contributed by atoms with E-state index in [4.69, 9.17) is 16.7 Å². The maximum atomic E-state index is 13.5. The predicted octanol–water partition coefficient (Wildman–Crippen LogP) is 3.45. The topological polar surface area (TPSA) is 84.8 Å². The third kappa shape index (κ3) is 4.66. The van der Waals surface area contributed by atoms with E-state index < -0.39 is 28.0 Å². The molecule has 0 bridgehead atoms. The summed E-state index contributed by atoms with van der Waals surface area (Å²) in [5.41, 5.74) is 0.0271. The minimum Gasteiger partial charge on any atom is -0.591 e. The molecular formula is C12H14ClFN2O3S. The van der Waals surface area contributed by atoms with E-state index >= 15 is 0 Å². The number of benzene rings is 1. The van der Waals surface area contributed by atoms with Gasteiger partial charge in [0.15, 0.2) is 0 Å². The standard InChI is InChI=1S/C12H14ClFN2O3S/c1-12(2,3)20(19)15-6-7-4-10(16-11(17)18)9(14)5-8(7)13/h4-6,16H,1-3H3,(H,17,18)/b15-6+. The van der Waals surface area contributed by atoms with E-state index in [-0.39, 0.29) is 16.3 Å². The van der Waals surface area contributed by atoms with Crippen LogP contribution in [0.2, 0.25) is 5.02 Å². The second-order valence-electron chi connectivity index (χ2n) is 4.88. The lowest BCUT2D eigenvalue weighted by atomic mass is 10.2. The highest BCUT2D eigenvalue weighted by Crippen LogP contribution is 2.24. The van der Waals surface area contributed by atoms with Crippen molar-refractivity contribution in [2.75, 3.05) is 5.32 Å². The number of carbonyl (C=O) groups is 1. The Labute approximate surface area is 124 Å². The van der Waals surface area contributed by atoms with E-state index in [1.54, 1.807) is 20.8 Å². The van der Waals surface area contributed by atoms with Crippen LogP contribution in [0, 0.1) is 5.82 Å². The van der Waals surface area contributed by atoms with Crippen molar-refractivity contribution in [3.63, 3.8) is 0 Å². The van der Waals surface area contributed by atoms with E-state index in [0.717, 1.165) is 6.07 Å². The molecule has 1 atom stereocenters. The predicted molar refractivity (Wildman–Crippen MR) is 78.5 cm³/mol. The fourth-order valence-corrected chi connectivity index (χ4v) is 1.86. The van der Waals surface area contributed by atoms with Gasteiger partial charge in [0.1, 0.15) is 21.9 Å². The second-order valence-corrected chi connectivity index (χ2v) is 7.22. The van der Waals surface area contributed by atoms with Crippen molar-refractivity contribution in [3.8, 4) is 0 Å². The lowest BCUT2D eigenvalue weighted by molar-refractivity contribution is 0.209. The van der Waals surface area contributed by atoms with Gasteiger partial charge in [0.25, 0.3) is 0 Å². The van der Waals surface area contributed by atoms with Crippen molar-refractivity contribution >= 4 is 41.0 Å².